The smallest absolute Gasteiger partial charge is 0.233 e. The Morgan fingerprint density at radius 1 is 1.10 bits per heavy atom. The minimum Gasteiger partial charge on any atom is -0.355 e. The first-order valence-electron chi connectivity index (χ1n) is 10.9. The lowest BCUT2D eigenvalue weighted by atomic mass is 9.73. The minimum atomic E-state index is -0.125. The molecule has 1 fully saturated rings. The Bertz CT molecular complexity index is 1150. The van der Waals surface area contributed by atoms with E-state index in [9.17, 15) is 0 Å². The van der Waals surface area contributed by atoms with Gasteiger partial charge in [0.15, 0.2) is 11.6 Å². The molecular weight excluding hydrogens is 388 g/mol. The molecule has 1 aromatic carbocycles. The highest BCUT2D eigenvalue weighted by Gasteiger charge is 2.53. The number of aromatic nitrogens is 5. The second-order valence-electron chi connectivity index (χ2n) is 8.91. The van der Waals surface area contributed by atoms with Crippen LogP contribution in [0.4, 0.5) is 11.8 Å². The maximum Gasteiger partial charge on any atom is 0.233 e. The first-order valence-corrected chi connectivity index (χ1v) is 10.9. The number of anilines is 2. The number of benzene rings is 1. The molecule has 0 N–H and O–H groups in total. The molecule has 1 spiro atoms. The van der Waals surface area contributed by atoms with Gasteiger partial charge in [0.25, 0.3) is 0 Å². The van der Waals surface area contributed by atoms with Crippen LogP contribution in [0.1, 0.15) is 50.7 Å². The summed E-state index contributed by atoms with van der Waals surface area (Å²) in [6.07, 6.45) is 11.2. The molecule has 0 radical (unpaired) electrons. The molecule has 3 aliphatic rings. The zero-order valence-corrected chi connectivity index (χ0v) is 18.0. The topological polar surface area (TPSA) is 66.2 Å². The molecule has 4 heterocycles. The van der Waals surface area contributed by atoms with Crippen molar-refractivity contribution >= 4 is 11.8 Å². The molecule has 0 bridgehead atoms. The first-order chi connectivity index (χ1) is 15.1. The number of rotatable bonds is 3. The van der Waals surface area contributed by atoms with Gasteiger partial charge in [-0.2, -0.15) is 4.98 Å². The highest BCUT2D eigenvalue weighted by molar-refractivity contribution is 5.66. The van der Waals surface area contributed by atoms with Crippen LogP contribution in [-0.2, 0) is 5.54 Å². The standard InChI is InChI=1S/C23H26N8/c1-16(2)31-19-18(30-15-25-27-21(30)23(31)10-7-11-23)14-24-22(26-19)29-13-12-28(3)20(29)17-8-5-4-6-9-17/h4-6,8-9,12-16,20H,7,10-11H2,1-3H3. The van der Waals surface area contributed by atoms with Crippen molar-refractivity contribution in [1.82, 2.24) is 29.6 Å². The van der Waals surface area contributed by atoms with E-state index in [-0.39, 0.29) is 17.7 Å². The summed E-state index contributed by atoms with van der Waals surface area (Å²) < 4.78 is 2.08. The Morgan fingerprint density at radius 2 is 1.90 bits per heavy atom. The van der Waals surface area contributed by atoms with Gasteiger partial charge >= 0.3 is 0 Å². The van der Waals surface area contributed by atoms with Crippen LogP contribution >= 0.6 is 0 Å². The van der Waals surface area contributed by atoms with Crippen LogP contribution in [0.5, 0.6) is 0 Å². The maximum absolute atomic E-state index is 5.15. The van der Waals surface area contributed by atoms with E-state index < -0.39 is 0 Å². The lowest BCUT2D eigenvalue weighted by Gasteiger charge is -2.54. The number of hydrogen-bond donors (Lipinski definition) is 0. The quantitative estimate of drug-likeness (QED) is 0.649. The molecule has 0 amide bonds. The predicted molar refractivity (Wildman–Crippen MR) is 119 cm³/mol. The van der Waals surface area contributed by atoms with E-state index in [4.69, 9.17) is 9.97 Å². The normalized spacial score (nSPS) is 20.9. The summed E-state index contributed by atoms with van der Waals surface area (Å²) in [6.45, 7) is 4.46. The molecule has 1 aliphatic carbocycles. The van der Waals surface area contributed by atoms with Gasteiger partial charge in [-0.15, -0.1) is 10.2 Å². The molecular formula is C23H26N8. The van der Waals surface area contributed by atoms with Crippen LogP contribution in [0.2, 0.25) is 0 Å². The Labute approximate surface area is 181 Å². The minimum absolute atomic E-state index is 0.0264. The van der Waals surface area contributed by atoms with Crippen molar-refractivity contribution < 1.29 is 0 Å². The van der Waals surface area contributed by atoms with E-state index in [1.165, 1.54) is 12.0 Å². The van der Waals surface area contributed by atoms with Gasteiger partial charge in [0.05, 0.1) is 6.20 Å². The number of fused-ring (bicyclic) bond motifs is 4. The summed E-state index contributed by atoms with van der Waals surface area (Å²) in [6, 6.07) is 10.8. The van der Waals surface area contributed by atoms with Gasteiger partial charge in [-0.3, -0.25) is 9.47 Å². The SMILES string of the molecule is CC(C)N1c2nc(N3C=CN(C)C3c3ccccc3)ncc2-n2cnnc2C12CCC2. The summed E-state index contributed by atoms with van der Waals surface area (Å²) in [4.78, 5) is 16.7. The molecule has 1 atom stereocenters. The van der Waals surface area contributed by atoms with Gasteiger partial charge in [-0.05, 0) is 38.7 Å². The molecule has 3 aromatic rings. The van der Waals surface area contributed by atoms with Crippen LogP contribution < -0.4 is 9.80 Å². The van der Waals surface area contributed by atoms with Crippen molar-refractivity contribution in [2.24, 2.45) is 0 Å². The van der Waals surface area contributed by atoms with Gasteiger partial charge in [-0.25, -0.2) is 4.98 Å². The molecule has 6 rings (SSSR count). The summed E-state index contributed by atoms with van der Waals surface area (Å²) >= 11 is 0. The second-order valence-corrected chi connectivity index (χ2v) is 8.91. The monoisotopic (exact) mass is 414 g/mol. The second kappa shape index (κ2) is 6.54. The van der Waals surface area contributed by atoms with Crippen LogP contribution in [0, 0.1) is 0 Å². The van der Waals surface area contributed by atoms with Crippen LogP contribution in [-0.4, -0.2) is 42.7 Å². The average Bonchev–Trinajstić information content (AvgIpc) is 3.38. The highest BCUT2D eigenvalue weighted by Crippen LogP contribution is 2.52. The van der Waals surface area contributed by atoms with E-state index in [1.54, 1.807) is 6.33 Å². The van der Waals surface area contributed by atoms with Crippen molar-refractivity contribution in [3.05, 3.63) is 66.6 Å². The van der Waals surface area contributed by atoms with Gasteiger partial charge in [0.1, 0.15) is 23.7 Å². The largest absolute Gasteiger partial charge is 0.355 e. The first kappa shape index (κ1) is 18.4. The van der Waals surface area contributed by atoms with Crippen molar-refractivity contribution in [3.63, 3.8) is 0 Å². The maximum atomic E-state index is 5.15. The number of hydrogen-bond acceptors (Lipinski definition) is 7. The molecule has 2 aromatic heterocycles. The summed E-state index contributed by atoms with van der Waals surface area (Å²) in [5.74, 6) is 2.67. The van der Waals surface area contributed by atoms with Crippen LogP contribution in [0.15, 0.2) is 55.3 Å². The highest BCUT2D eigenvalue weighted by atomic mass is 15.5. The Hall–Kier alpha value is -3.42. The number of nitrogens with zero attached hydrogens (tertiary/aromatic N) is 8. The molecule has 158 valence electrons. The van der Waals surface area contributed by atoms with E-state index in [2.05, 4.69) is 87.0 Å². The molecule has 8 heteroatoms. The summed E-state index contributed by atoms with van der Waals surface area (Å²) in [5, 5.41) is 8.75. The van der Waals surface area contributed by atoms with Crippen molar-refractivity contribution in [2.75, 3.05) is 16.8 Å². The predicted octanol–water partition coefficient (Wildman–Crippen LogP) is 3.59. The zero-order valence-electron chi connectivity index (χ0n) is 18.0. The molecule has 1 saturated carbocycles. The van der Waals surface area contributed by atoms with Crippen LogP contribution in [0.3, 0.4) is 0 Å². The third kappa shape index (κ3) is 2.47. The van der Waals surface area contributed by atoms with Crippen LogP contribution in [0.25, 0.3) is 5.69 Å². The van der Waals surface area contributed by atoms with Crippen molar-refractivity contribution in [3.8, 4) is 5.69 Å². The Morgan fingerprint density at radius 3 is 2.61 bits per heavy atom. The lowest BCUT2D eigenvalue weighted by Crippen LogP contribution is -2.58. The molecule has 1 unspecified atom stereocenters. The third-order valence-electron chi connectivity index (χ3n) is 6.79. The fourth-order valence-corrected chi connectivity index (χ4v) is 5.32. The molecule has 2 aliphatic heterocycles. The van der Waals surface area contributed by atoms with E-state index >= 15 is 0 Å². The molecule has 31 heavy (non-hydrogen) atoms. The zero-order chi connectivity index (χ0) is 21.2. The van der Waals surface area contributed by atoms with E-state index in [0.717, 1.165) is 30.2 Å². The van der Waals surface area contributed by atoms with Crippen molar-refractivity contribution in [2.45, 2.75) is 50.9 Å². The lowest BCUT2D eigenvalue weighted by molar-refractivity contribution is 0.195. The van der Waals surface area contributed by atoms with Gasteiger partial charge in [-0.1, -0.05) is 30.3 Å². The van der Waals surface area contributed by atoms with Crippen molar-refractivity contribution in [1.29, 1.82) is 0 Å². The van der Waals surface area contributed by atoms with E-state index in [0.29, 0.717) is 5.95 Å². The van der Waals surface area contributed by atoms with E-state index in [1.807, 2.05) is 12.3 Å². The summed E-state index contributed by atoms with van der Waals surface area (Å²) in [7, 11) is 2.08. The fourth-order valence-electron chi connectivity index (χ4n) is 5.32. The third-order valence-corrected chi connectivity index (χ3v) is 6.79. The van der Waals surface area contributed by atoms with Gasteiger partial charge < -0.3 is 9.80 Å². The molecule has 8 nitrogen and oxygen atoms in total. The summed E-state index contributed by atoms with van der Waals surface area (Å²) in [5.41, 5.74) is 2.02. The average molecular weight is 415 g/mol. The Balaban J connectivity index is 1.49. The Kier molecular flexibility index (Phi) is 3.87. The fraction of sp³-hybridized carbons (Fsp3) is 0.391. The van der Waals surface area contributed by atoms with Gasteiger partial charge in [0.2, 0.25) is 5.95 Å². The van der Waals surface area contributed by atoms with Gasteiger partial charge in [0, 0.05) is 25.5 Å². The molecule has 0 saturated heterocycles.